The average Bonchev–Trinajstić information content (AvgIpc) is 2.45. The van der Waals surface area contributed by atoms with Gasteiger partial charge in [0.2, 0.25) is 15.9 Å². The van der Waals surface area contributed by atoms with Gasteiger partial charge in [0.1, 0.15) is 5.82 Å². The summed E-state index contributed by atoms with van der Waals surface area (Å²) in [6, 6.07) is 5.61. The SMILES string of the molecule is COc1cccc(N2CCCC(N(C)S(C)(=O)=O)C2)n1. The Morgan fingerprint density at radius 2 is 2.20 bits per heavy atom. The molecule has 20 heavy (non-hydrogen) atoms. The molecule has 0 N–H and O–H groups in total. The Hall–Kier alpha value is -1.34. The number of sulfonamides is 1. The first-order valence-electron chi connectivity index (χ1n) is 6.61. The zero-order valence-corrected chi connectivity index (χ0v) is 12.9. The van der Waals surface area contributed by atoms with E-state index in [2.05, 4.69) is 9.88 Å². The summed E-state index contributed by atoms with van der Waals surface area (Å²) in [7, 11) is 0.0679. The fourth-order valence-corrected chi connectivity index (χ4v) is 3.14. The van der Waals surface area contributed by atoms with Crippen LogP contribution in [0.5, 0.6) is 5.88 Å². The normalized spacial score (nSPS) is 20.2. The summed E-state index contributed by atoms with van der Waals surface area (Å²) in [5.41, 5.74) is 0. The number of rotatable bonds is 4. The van der Waals surface area contributed by atoms with Crippen molar-refractivity contribution in [3.63, 3.8) is 0 Å². The van der Waals surface area contributed by atoms with Crippen molar-refractivity contribution >= 4 is 15.8 Å². The molecule has 0 aromatic carbocycles. The van der Waals surface area contributed by atoms with Crippen LogP contribution < -0.4 is 9.64 Å². The third-order valence-corrected chi connectivity index (χ3v) is 5.02. The summed E-state index contributed by atoms with van der Waals surface area (Å²) in [5.74, 6) is 1.40. The number of hydrogen-bond acceptors (Lipinski definition) is 5. The van der Waals surface area contributed by atoms with Gasteiger partial charge in [-0.15, -0.1) is 0 Å². The topological polar surface area (TPSA) is 62.7 Å². The van der Waals surface area contributed by atoms with Crippen LogP contribution in [0.2, 0.25) is 0 Å². The smallest absolute Gasteiger partial charge is 0.214 e. The summed E-state index contributed by atoms with van der Waals surface area (Å²) in [6.07, 6.45) is 3.07. The second kappa shape index (κ2) is 5.97. The number of anilines is 1. The first-order valence-corrected chi connectivity index (χ1v) is 8.45. The third kappa shape index (κ3) is 3.40. The molecule has 6 nitrogen and oxygen atoms in total. The molecule has 0 aliphatic carbocycles. The highest BCUT2D eigenvalue weighted by molar-refractivity contribution is 7.88. The molecular formula is C13H21N3O3S. The molecule has 1 saturated heterocycles. The summed E-state index contributed by atoms with van der Waals surface area (Å²) in [5, 5.41) is 0. The largest absolute Gasteiger partial charge is 0.481 e. The van der Waals surface area contributed by atoms with Crippen LogP contribution in [0.4, 0.5) is 5.82 Å². The van der Waals surface area contributed by atoms with Crippen LogP contribution in [-0.4, -0.2) is 57.3 Å². The van der Waals surface area contributed by atoms with Gasteiger partial charge in [-0.1, -0.05) is 6.07 Å². The lowest BCUT2D eigenvalue weighted by molar-refractivity contribution is 0.320. The Morgan fingerprint density at radius 3 is 2.85 bits per heavy atom. The number of piperidine rings is 1. The van der Waals surface area contributed by atoms with Crippen molar-refractivity contribution in [2.75, 3.05) is 38.4 Å². The van der Waals surface area contributed by atoms with Crippen molar-refractivity contribution < 1.29 is 13.2 Å². The first-order chi connectivity index (χ1) is 9.41. The molecule has 1 aliphatic rings. The molecule has 2 heterocycles. The Kier molecular flexibility index (Phi) is 4.49. The van der Waals surface area contributed by atoms with Gasteiger partial charge in [0.05, 0.1) is 13.4 Å². The maximum Gasteiger partial charge on any atom is 0.214 e. The molecule has 1 unspecified atom stereocenters. The van der Waals surface area contributed by atoms with Gasteiger partial charge >= 0.3 is 0 Å². The van der Waals surface area contributed by atoms with Crippen molar-refractivity contribution in [2.24, 2.45) is 0 Å². The number of ether oxygens (including phenoxy) is 1. The Morgan fingerprint density at radius 1 is 1.45 bits per heavy atom. The van der Waals surface area contributed by atoms with E-state index < -0.39 is 10.0 Å². The fraction of sp³-hybridized carbons (Fsp3) is 0.615. The van der Waals surface area contributed by atoms with Crippen molar-refractivity contribution in [1.82, 2.24) is 9.29 Å². The van der Waals surface area contributed by atoms with Gasteiger partial charge in [0, 0.05) is 32.2 Å². The lowest BCUT2D eigenvalue weighted by Gasteiger charge is -2.37. The van der Waals surface area contributed by atoms with Crippen LogP contribution in [-0.2, 0) is 10.0 Å². The number of hydrogen-bond donors (Lipinski definition) is 0. The highest BCUT2D eigenvalue weighted by Gasteiger charge is 2.28. The summed E-state index contributed by atoms with van der Waals surface area (Å²) >= 11 is 0. The summed E-state index contributed by atoms with van der Waals surface area (Å²) in [4.78, 5) is 6.52. The second-order valence-corrected chi connectivity index (χ2v) is 7.10. The van der Waals surface area contributed by atoms with Crippen molar-refractivity contribution in [2.45, 2.75) is 18.9 Å². The maximum atomic E-state index is 11.6. The van der Waals surface area contributed by atoms with E-state index in [1.165, 1.54) is 10.6 Å². The number of methoxy groups -OCH3 is 1. The summed E-state index contributed by atoms with van der Waals surface area (Å²) < 4.78 is 29.9. The molecule has 0 saturated carbocycles. The average molecular weight is 299 g/mol. The van der Waals surface area contributed by atoms with E-state index in [0.717, 1.165) is 25.2 Å². The molecule has 112 valence electrons. The zero-order valence-electron chi connectivity index (χ0n) is 12.1. The highest BCUT2D eigenvalue weighted by Crippen LogP contribution is 2.23. The third-order valence-electron chi connectivity index (χ3n) is 3.68. The fourth-order valence-electron chi connectivity index (χ4n) is 2.42. The standard InChI is InChI=1S/C13H21N3O3S/c1-15(20(3,17)18)11-6-5-9-16(10-11)12-7-4-8-13(14-12)19-2/h4,7-8,11H,5-6,9-10H2,1-3H3. The number of nitrogens with zero attached hydrogens (tertiary/aromatic N) is 3. The quantitative estimate of drug-likeness (QED) is 0.828. The van der Waals surface area contributed by atoms with E-state index in [1.54, 1.807) is 20.2 Å². The highest BCUT2D eigenvalue weighted by atomic mass is 32.2. The maximum absolute atomic E-state index is 11.6. The predicted molar refractivity (Wildman–Crippen MR) is 78.6 cm³/mol. The number of pyridine rings is 1. The minimum atomic E-state index is -3.16. The zero-order chi connectivity index (χ0) is 14.8. The van der Waals surface area contributed by atoms with Crippen LogP contribution in [0.25, 0.3) is 0 Å². The lowest BCUT2D eigenvalue weighted by atomic mass is 10.1. The predicted octanol–water partition coefficient (Wildman–Crippen LogP) is 0.950. The molecule has 0 bridgehead atoms. The molecule has 1 aromatic rings. The van der Waals surface area contributed by atoms with Gasteiger partial charge in [-0.2, -0.15) is 4.98 Å². The van der Waals surface area contributed by atoms with Crippen LogP contribution in [0.3, 0.4) is 0 Å². The molecule has 2 rings (SSSR count). The van der Waals surface area contributed by atoms with Gasteiger partial charge < -0.3 is 9.64 Å². The van der Waals surface area contributed by atoms with Gasteiger partial charge in [0.15, 0.2) is 0 Å². The Labute approximate surface area is 120 Å². The van der Waals surface area contributed by atoms with E-state index in [0.29, 0.717) is 12.4 Å². The van der Waals surface area contributed by atoms with Gasteiger partial charge in [-0.05, 0) is 18.9 Å². The van der Waals surface area contributed by atoms with Gasteiger partial charge in [-0.25, -0.2) is 12.7 Å². The van der Waals surface area contributed by atoms with Crippen molar-refractivity contribution in [1.29, 1.82) is 0 Å². The molecule has 7 heteroatoms. The van der Waals surface area contributed by atoms with Crippen LogP contribution in [0.15, 0.2) is 18.2 Å². The monoisotopic (exact) mass is 299 g/mol. The second-order valence-electron chi connectivity index (χ2n) is 5.06. The van der Waals surface area contributed by atoms with Gasteiger partial charge in [0.25, 0.3) is 0 Å². The molecular weight excluding hydrogens is 278 g/mol. The first kappa shape index (κ1) is 15.1. The molecule has 0 radical (unpaired) electrons. The van der Waals surface area contributed by atoms with Crippen LogP contribution in [0, 0.1) is 0 Å². The summed E-state index contributed by atoms with van der Waals surface area (Å²) in [6.45, 7) is 1.54. The molecule has 1 aromatic heterocycles. The van der Waals surface area contributed by atoms with Gasteiger partial charge in [-0.3, -0.25) is 0 Å². The molecule has 1 atom stereocenters. The van der Waals surface area contributed by atoms with Crippen LogP contribution >= 0.6 is 0 Å². The van der Waals surface area contributed by atoms with E-state index >= 15 is 0 Å². The minimum absolute atomic E-state index is 0.00764. The van der Waals surface area contributed by atoms with Crippen LogP contribution in [0.1, 0.15) is 12.8 Å². The lowest BCUT2D eigenvalue weighted by Crippen LogP contribution is -2.48. The minimum Gasteiger partial charge on any atom is -0.481 e. The molecule has 1 fully saturated rings. The Bertz CT molecular complexity index is 562. The van der Waals surface area contributed by atoms with E-state index in [4.69, 9.17) is 4.74 Å². The molecule has 0 amide bonds. The van der Waals surface area contributed by atoms with Crippen molar-refractivity contribution in [3.05, 3.63) is 18.2 Å². The number of aromatic nitrogens is 1. The van der Waals surface area contributed by atoms with E-state index in [-0.39, 0.29) is 6.04 Å². The molecule has 1 aliphatic heterocycles. The molecule has 0 spiro atoms. The Balaban J connectivity index is 2.14. The van der Waals surface area contributed by atoms with E-state index in [9.17, 15) is 8.42 Å². The number of likely N-dealkylation sites (N-methyl/N-ethyl adjacent to an activating group) is 1. The van der Waals surface area contributed by atoms with E-state index in [1.807, 2.05) is 12.1 Å². The van der Waals surface area contributed by atoms with Crippen molar-refractivity contribution in [3.8, 4) is 5.88 Å².